The molecule has 0 fully saturated rings. The molecule has 0 unspecified atom stereocenters. The second-order valence-corrected chi connectivity index (χ2v) is 7.39. The minimum atomic E-state index is -0.305. The van der Waals surface area contributed by atoms with Crippen LogP contribution in [-0.4, -0.2) is 42.6 Å². The van der Waals surface area contributed by atoms with Crippen LogP contribution in [0.4, 0.5) is 0 Å². The van der Waals surface area contributed by atoms with Crippen molar-refractivity contribution in [3.05, 3.63) is 71.0 Å². The number of rotatable bonds is 10. The third-order valence-electron chi connectivity index (χ3n) is 4.96. The molecule has 174 valence electrons. The van der Waals surface area contributed by atoms with Crippen molar-refractivity contribution in [1.29, 1.82) is 0 Å². The molecule has 2 heterocycles. The van der Waals surface area contributed by atoms with Crippen molar-refractivity contribution in [2.24, 2.45) is 0 Å². The van der Waals surface area contributed by atoms with Gasteiger partial charge in [-0.1, -0.05) is 11.2 Å². The van der Waals surface area contributed by atoms with E-state index in [0.29, 0.717) is 29.6 Å². The highest BCUT2D eigenvalue weighted by Gasteiger charge is 2.13. The molecule has 0 saturated heterocycles. The minimum Gasteiger partial charge on any atom is -0.493 e. The first-order valence-electron chi connectivity index (χ1n) is 10.3. The first-order valence-corrected chi connectivity index (χ1v) is 10.3. The molecule has 0 saturated carbocycles. The first kappa shape index (κ1) is 23.6. The molecule has 0 aliphatic heterocycles. The number of carbonyl (C=O) groups is 2. The topological polar surface area (TPSA) is 107 Å². The van der Waals surface area contributed by atoms with Crippen LogP contribution in [0.2, 0.25) is 0 Å². The number of aryl methyl sites for hydroxylation is 2. The average molecular weight is 453 g/mol. The molecule has 9 nitrogen and oxygen atoms in total. The van der Waals surface area contributed by atoms with E-state index in [4.69, 9.17) is 18.4 Å². The predicted octanol–water partition coefficient (Wildman–Crippen LogP) is 3.26. The highest BCUT2D eigenvalue weighted by Crippen LogP contribution is 2.30. The van der Waals surface area contributed by atoms with Crippen LogP contribution >= 0.6 is 0 Å². The molecular weight excluding hydrogens is 426 g/mol. The van der Waals surface area contributed by atoms with Crippen molar-refractivity contribution in [2.75, 3.05) is 20.7 Å². The van der Waals surface area contributed by atoms with Gasteiger partial charge in [0, 0.05) is 13.1 Å². The number of nitrogens with zero attached hydrogens (tertiary/aromatic N) is 2. The van der Waals surface area contributed by atoms with Crippen LogP contribution in [0.3, 0.4) is 0 Å². The van der Waals surface area contributed by atoms with Gasteiger partial charge in [0.15, 0.2) is 11.5 Å². The first-order chi connectivity index (χ1) is 15.9. The lowest BCUT2D eigenvalue weighted by Crippen LogP contribution is -2.37. The minimum absolute atomic E-state index is 0.0678. The van der Waals surface area contributed by atoms with E-state index in [2.05, 4.69) is 10.5 Å². The molecule has 1 N–H and O–H groups in total. The fraction of sp³-hybridized carbons (Fsp3) is 0.292. The van der Waals surface area contributed by atoms with E-state index in [0.717, 1.165) is 16.8 Å². The maximum Gasteiger partial charge on any atom is 0.246 e. The Bertz CT molecular complexity index is 1100. The number of benzene rings is 1. The van der Waals surface area contributed by atoms with Gasteiger partial charge in [0.2, 0.25) is 11.8 Å². The van der Waals surface area contributed by atoms with Crippen LogP contribution in [0.15, 0.2) is 51.6 Å². The maximum absolute atomic E-state index is 12.4. The molecule has 33 heavy (non-hydrogen) atoms. The van der Waals surface area contributed by atoms with E-state index in [1.807, 2.05) is 19.9 Å². The predicted molar refractivity (Wildman–Crippen MR) is 121 cm³/mol. The Hall–Kier alpha value is -4.01. The number of likely N-dealkylation sites (N-methyl/N-ethyl adjacent to an activating group) is 1. The average Bonchev–Trinajstić information content (AvgIpc) is 3.44. The summed E-state index contributed by atoms with van der Waals surface area (Å²) in [5, 5.41) is 6.62. The summed E-state index contributed by atoms with van der Waals surface area (Å²) in [4.78, 5) is 25.7. The van der Waals surface area contributed by atoms with Gasteiger partial charge in [0.1, 0.15) is 18.1 Å². The number of hydrogen-bond acceptors (Lipinski definition) is 7. The quantitative estimate of drug-likeness (QED) is 0.470. The summed E-state index contributed by atoms with van der Waals surface area (Å²) >= 11 is 0. The van der Waals surface area contributed by atoms with Crippen LogP contribution in [0, 0.1) is 13.8 Å². The van der Waals surface area contributed by atoms with Crippen LogP contribution in [0.1, 0.15) is 28.3 Å². The highest BCUT2D eigenvalue weighted by atomic mass is 16.5. The van der Waals surface area contributed by atoms with Crippen molar-refractivity contribution in [3.8, 4) is 11.5 Å². The Balaban J connectivity index is 1.54. The Morgan fingerprint density at radius 1 is 1.21 bits per heavy atom. The van der Waals surface area contributed by atoms with Crippen LogP contribution in [-0.2, 0) is 22.7 Å². The number of nitrogens with one attached hydrogen (secondary N) is 1. The van der Waals surface area contributed by atoms with E-state index < -0.39 is 0 Å². The van der Waals surface area contributed by atoms with E-state index in [9.17, 15) is 9.59 Å². The Labute approximate surface area is 191 Å². The lowest BCUT2D eigenvalue weighted by molar-refractivity contribution is -0.131. The summed E-state index contributed by atoms with van der Waals surface area (Å²) in [6, 6.07) is 8.86. The van der Waals surface area contributed by atoms with Crippen molar-refractivity contribution in [2.45, 2.75) is 27.0 Å². The van der Waals surface area contributed by atoms with Crippen LogP contribution < -0.4 is 14.8 Å². The summed E-state index contributed by atoms with van der Waals surface area (Å²) in [7, 11) is 3.11. The fourth-order valence-electron chi connectivity index (χ4n) is 3.01. The smallest absolute Gasteiger partial charge is 0.246 e. The Kier molecular flexibility index (Phi) is 7.91. The molecule has 2 amide bonds. The number of aromatic nitrogens is 1. The van der Waals surface area contributed by atoms with Gasteiger partial charge in [-0.15, -0.1) is 0 Å². The van der Waals surface area contributed by atoms with Crippen molar-refractivity contribution < 1.29 is 28.0 Å². The number of amides is 2. The fourth-order valence-corrected chi connectivity index (χ4v) is 3.01. The zero-order valence-electron chi connectivity index (χ0n) is 19.1. The third-order valence-corrected chi connectivity index (χ3v) is 4.96. The van der Waals surface area contributed by atoms with Crippen LogP contribution in [0.25, 0.3) is 6.08 Å². The van der Waals surface area contributed by atoms with Gasteiger partial charge in [-0.3, -0.25) is 9.59 Å². The molecule has 3 rings (SSSR count). The van der Waals surface area contributed by atoms with Gasteiger partial charge < -0.3 is 28.6 Å². The number of carbonyl (C=O) groups excluding carboxylic acids is 2. The zero-order chi connectivity index (χ0) is 23.8. The second-order valence-electron chi connectivity index (χ2n) is 7.39. The molecule has 0 aliphatic rings. The standard InChI is InChI=1S/C24H27N3O6/c1-16-20(17(2)33-26-16)15-32-21-9-7-18(12-22(21)30-4)8-10-24(29)27(3)14-23(28)25-13-19-6-5-11-31-19/h5-12H,13-15H2,1-4H3,(H,25,28). The number of ether oxygens (including phenoxy) is 2. The summed E-state index contributed by atoms with van der Waals surface area (Å²) < 4.78 is 21.6. The number of methoxy groups -OCH3 is 1. The highest BCUT2D eigenvalue weighted by molar-refractivity contribution is 5.94. The van der Waals surface area contributed by atoms with Gasteiger partial charge in [-0.05, 0) is 49.8 Å². The lowest BCUT2D eigenvalue weighted by Gasteiger charge is -2.14. The molecule has 1 aromatic carbocycles. The Morgan fingerprint density at radius 3 is 2.70 bits per heavy atom. The van der Waals surface area contributed by atoms with Crippen LogP contribution in [0.5, 0.6) is 11.5 Å². The van der Waals surface area contributed by atoms with E-state index in [1.54, 1.807) is 44.5 Å². The van der Waals surface area contributed by atoms with Gasteiger partial charge in [-0.2, -0.15) is 0 Å². The molecule has 2 aromatic heterocycles. The second kappa shape index (κ2) is 11.0. The van der Waals surface area contributed by atoms with E-state index >= 15 is 0 Å². The Morgan fingerprint density at radius 2 is 2.03 bits per heavy atom. The van der Waals surface area contributed by atoms with E-state index in [-0.39, 0.29) is 24.9 Å². The molecule has 0 atom stereocenters. The van der Waals surface area contributed by atoms with Crippen molar-refractivity contribution >= 4 is 17.9 Å². The molecule has 3 aromatic rings. The summed E-state index contributed by atoms with van der Waals surface area (Å²) in [6.07, 6.45) is 4.59. The number of hydrogen-bond donors (Lipinski definition) is 1. The molecule has 0 spiro atoms. The van der Waals surface area contributed by atoms with Crippen molar-refractivity contribution in [3.63, 3.8) is 0 Å². The third kappa shape index (κ3) is 6.49. The molecule has 9 heteroatoms. The summed E-state index contributed by atoms with van der Waals surface area (Å²) in [5.74, 6) is 1.86. The van der Waals surface area contributed by atoms with E-state index in [1.165, 1.54) is 17.2 Å². The van der Waals surface area contributed by atoms with Gasteiger partial charge in [0.05, 0.1) is 37.7 Å². The SMILES string of the molecule is COc1cc(C=CC(=O)N(C)CC(=O)NCc2ccco2)ccc1OCc1c(C)noc1C. The molecule has 0 bridgehead atoms. The lowest BCUT2D eigenvalue weighted by atomic mass is 10.1. The maximum atomic E-state index is 12.4. The largest absolute Gasteiger partial charge is 0.493 e. The summed E-state index contributed by atoms with van der Waals surface area (Å²) in [5.41, 5.74) is 2.42. The van der Waals surface area contributed by atoms with Gasteiger partial charge >= 0.3 is 0 Å². The number of furan rings is 1. The molecular formula is C24H27N3O6. The zero-order valence-corrected chi connectivity index (χ0v) is 19.1. The van der Waals surface area contributed by atoms with Gasteiger partial charge in [0.25, 0.3) is 0 Å². The normalized spacial score (nSPS) is 10.9. The van der Waals surface area contributed by atoms with Crippen molar-refractivity contribution in [1.82, 2.24) is 15.4 Å². The molecule has 0 radical (unpaired) electrons. The van der Waals surface area contributed by atoms with Gasteiger partial charge in [-0.25, -0.2) is 0 Å². The monoisotopic (exact) mass is 453 g/mol. The summed E-state index contributed by atoms with van der Waals surface area (Å²) in [6.45, 7) is 4.20. The molecule has 0 aliphatic carbocycles.